The summed E-state index contributed by atoms with van der Waals surface area (Å²) in [5, 5.41) is 14.9. The Labute approximate surface area is 153 Å². The first-order valence-electron chi connectivity index (χ1n) is 8.42. The third-order valence-electron chi connectivity index (χ3n) is 4.45. The minimum atomic E-state index is -0.259. The number of nitrogens with one attached hydrogen (secondary N) is 2. The van der Waals surface area contributed by atoms with E-state index in [1.54, 1.807) is 16.4 Å². The van der Waals surface area contributed by atoms with Gasteiger partial charge in [-0.25, -0.2) is 4.68 Å². The molecule has 1 aliphatic rings. The molecule has 1 aliphatic heterocycles. The van der Waals surface area contributed by atoms with Crippen molar-refractivity contribution in [2.45, 2.75) is 38.5 Å². The first-order valence-corrected chi connectivity index (χ1v) is 8.42. The summed E-state index contributed by atoms with van der Waals surface area (Å²) in [4.78, 5) is 17.0. The zero-order valence-electron chi connectivity index (χ0n) is 15.1. The number of anilines is 1. The Hall–Kier alpha value is -1.93. The van der Waals surface area contributed by atoms with Gasteiger partial charge in [-0.2, -0.15) is 15.2 Å². The molecule has 1 fully saturated rings. The van der Waals surface area contributed by atoms with Crippen molar-refractivity contribution in [3.63, 3.8) is 0 Å². The number of amides is 1. The van der Waals surface area contributed by atoms with E-state index in [0.29, 0.717) is 23.5 Å². The van der Waals surface area contributed by atoms with Crippen LogP contribution in [0.15, 0.2) is 6.07 Å². The largest absolute Gasteiger partial charge is 0.317 e. The quantitative estimate of drug-likeness (QED) is 0.860. The van der Waals surface area contributed by atoms with Gasteiger partial charge in [0.1, 0.15) is 0 Å². The topological polar surface area (TPSA) is 89.7 Å². The molecule has 1 saturated heterocycles. The van der Waals surface area contributed by atoms with Gasteiger partial charge in [-0.3, -0.25) is 14.8 Å². The van der Waals surface area contributed by atoms with Crippen molar-refractivity contribution >= 4 is 24.3 Å². The van der Waals surface area contributed by atoms with Crippen LogP contribution in [0.2, 0.25) is 0 Å². The molecule has 3 rings (SSSR count). The summed E-state index contributed by atoms with van der Waals surface area (Å²) in [7, 11) is 3.65. The highest BCUT2D eigenvalue weighted by atomic mass is 35.5. The number of hydrogen-bond acceptors (Lipinski definition) is 5. The Morgan fingerprint density at radius 2 is 1.92 bits per heavy atom. The Balaban J connectivity index is 0.00000225. The number of carbonyl (C=O) groups excluding carboxylic acids is 1. The molecular formula is C16H26ClN7O. The number of carbonyl (C=O) groups is 1. The minimum Gasteiger partial charge on any atom is -0.317 e. The molecule has 138 valence electrons. The minimum absolute atomic E-state index is 0. The smallest absolute Gasteiger partial charge is 0.278 e. The lowest BCUT2D eigenvalue weighted by atomic mass is 9.98. The first-order chi connectivity index (χ1) is 11.5. The molecule has 0 atom stereocenters. The van der Waals surface area contributed by atoms with Crippen LogP contribution in [0.4, 0.5) is 5.95 Å². The summed E-state index contributed by atoms with van der Waals surface area (Å²) < 4.78 is 3.37. The highest BCUT2D eigenvalue weighted by Gasteiger charge is 2.22. The number of aromatic nitrogens is 5. The van der Waals surface area contributed by atoms with Gasteiger partial charge < -0.3 is 5.32 Å². The highest BCUT2D eigenvalue weighted by Crippen LogP contribution is 2.23. The monoisotopic (exact) mass is 367 g/mol. The number of hydrogen-bond donors (Lipinski definition) is 2. The average Bonchev–Trinajstić information content (AvgIpc) is 3.12. The zero-order chi connectivity index (χ0) is 17.3. The van der Waals surface area contributed by atoms with E-state index in [-0.39, 0.29) is 18.3 Å². The summed E-state index contributed by atoms with van der Waals surface area (Å²) in [5.74, 6) is 1.67. The fraction of sp³-hybridized carbons (Fsp3) is 0.625. The summed E-state index contributed by atoms with van der Waals surface area (Å²) in [6.07, 6.45) is 2.05. The van der Waals surface area contributed by atoms with Crippen LogP contribution in [0.25, 0.3) is 0 Å². The van der Waals surface area contributed by atoms with Gasteiger partial charge in [0.05, 0.1) is 0 Å². The molecule has 9 heteroatoms. The molecule has 0 radical (unpaired) electrons. The molecule has 8 nitrogen and oxygen atoms in total. The molecule has 0 unspecified atom stereocenters. The van der Waals surface area contributed by atoms with Gasteiger partial charge in [0.25, 0.3) is 5.91 Å². The second-order valence-electron chi connectivity index (χ2n) is 6.63. The van der Waals surface area contributed by atoms with Gasteiger partial charge in [-0.05, 0) is 37.9 Å². The molecule has 0 spiro atoms. The van der Waals surface area contributed by atoms with Gasteiger partial charge in [-0.15, -0.1) is 12.4 Å². The predicted molar refractivity (Wildman–Crippen MR) is 98.3 cm³/mol. The number of nitrogens with zero attached hydrogens (tertiary/aromatic N) is 5. The van der Waals surface area contributed by atoms with Crippen molar-refractivity contribution in [3.8, 4) is 0 Å². The maximum Gasteiger partial charge on any atom is 0.278 e. The van der Waals surface area contributed by atoms with Crippen LogP contribution in [0.5, 0.6) is 0 Å². The van der Waals surface area contributed by atoms with Crippen LogP contribution < -0.4 is 10.6 Å². The van der Waals surface area contributed by atoms with E-state index in [4.69, 9.17) is 0 Å². The standard InChI is InChI=1S/C16H25N7O.ClH/c1-10(2)13-9-12(20-22(13)3)15(24)19-16-18-14(21-23(16)4)11-5-7-17-8-6-11;/h9-11,17H,5-8H2,1-4H3,(H,18,19,21,24);1H. The van der Waals surface area contributed by atoms with Gasteiger partial charge >= 0.3 is 0 Å². The maximum absolute atomic E-state index is 12.5. The molecule has 0 bridgehead atoms. The lowest BCUT2D eigenvalue weighted by Gasteiger charge is -2.19. The van der Waals surface area contributed by atoms with E-state index < -0.39 is 0 Å². The molecule has 2 aromatic rings. The zero-order valence-corrected chi connectivity index (χ0v) is 15.9. The van der Waals surface area contributed by atoms with Crippen molar-refractivity contribution in [2.24, 2.45) is 14.1 Å². The van der Waals surface area contributed by atoms with Gasteiger partial charge in [0.15, 0.2) is 11.5 Å². The summed E-state index contributed by atoms with van der Waals surface area (Å²) >= 11 is 0. The van der Waals surface area contributed by atoms with Crippen molar-refractivity contribution < 1.29 is 4.79 Å². The third kappa shape index (κ3) is 4.19. The van der Waals surface area contributed by atoms with E-state index >= 15 is 0 Å². The van der Waals surface area contributed by atoms with Crippen LogP contribution in [-0.4, -0.2) is 43.5 Å². The lowest BCUT2D eigenvalue weighted by molar-refractivity contribution is 0.102. The van der Waals surface area contributed by atoms with Crippen LogP contribution >= 0.6 is 12.4 Å². The van der Waals surface area contributed by atoms with Crippen molar-refractivity contribution in [2.75, 3.05) is 18.4 Å². The summed E-state index contributed by atoms with van der Waals surface area (Å²) in [5.41, 5.74) is 1.42. The SMILES string of the molecule is CC(C)c1cc(C(=O)Nc2nc(C3CCNCC3)nn2C)nn1C.Cl. The highest BCUT2D eigenvalue weighted by molar-refractivity contribution is 6.02. The fourth-order valence-electron chi connectivity index (χ4n) is 3.06. The first kappa shape index (κ1) is 19.4. The Kier molecular flexibility index (Phi) is 6.18. The lowest BCUT2D eigenvalue weighted by Crippen LogP contribution is -2.27. The Morgan fingerprint density at radius 3 is 2.52 bits per heavy atom. The van der Waals surface area contributed by atoms with Crippen molar-refractivity contribution in [1.29, 1.82) is 0 Å². The van der Waals surface area contributed by atoms with Gasteiger partial charge in [0, 0.05) is 25.7 Å². The molecule has 0 saturated carbocycles. The van der Waals surface area contributed by atoms with E-state index in [2.05, 4.69) is 39.7 Å². The molecular weight excluding hydrogens is 342 g/mol. The van der Waals surface area contributed by atoms with Crippen molar-refractivity contribution in [1.82, 2.24) is 29.9 Å². The molecule has 0 aliphatic carbocycles. The van der Waals surface area contributed by atoms with E-state index in [0.717, 1.165) is 37.4 Å². The van der Waals surface area contributed by atoms with E-state index in [1.807, 2.05) is 13.1 Å². The maximum atomic E-state index is 12.5. The second kappa shape index (κ2) is 7.97. The molecule has 1 amide bonds. The van der Waals surface area contributed by atoms with Crippen LogP contribution in [0, 0.1) is 0 Å². The molecule has 25 heavy (non-hydrogen) atoms. The van der Waals surface area contributed by atoms with Crippen LogP contribution in [0.1, 0.15) is 60.5 Å². The van der Waals surface area contributed by atoms with Gasteiger partial charge in [-0.1, -0.05) is 13.8 Å². The number of rotatable bonds is 4. The number of halogens is 1. The van der Waals surface area contributed by atoms with Crippen molar-refractivity contribution in [3.05, 3.63) is 23.3 Å². The second-order valence-corrected chi connectivity index (χ2v) is 6.63. The van der Waals surface area contributed by atoms with Crippen LogP contribution in [-0.2, 0) is 14.1 Å². The van der Waals surface area contributed by atoms with Gasteiger partial charge in [0.2, 0.25) is 5.95 Å². The van der Waals surface area contributed by atoms with Crippen LogP contribution in [0.3, 0.4) is 0 Å². The molecule has 2 aromatic heterocycles. The molecule has 3 heterocycles. The number of aryl methyl sites for hydroxylation is 2. The Bertz CT molecular complexity index is 731. The fourth-order valence-corrected chi connectivity index (χ4v) is 3.06. The molecule has 2 N–H and O–H groups in total. The predicted octanol–water partition coefficient (Wildman–Crippen LogP) is 1.81. The van der Waals surface area contributed by atoms with E-state index in [1.165, 1.54) is 0 Å². The summed E-state index contributed by atoms with van der Waals surface area (Å²) in [6, 6.07) is 1.82. The summed E-state index contributed by atoms with van der Waals surface area (Å²) in [6.45, 7) is 6.12. The van der Waals surface area contributed by atoms with E-state index in [9.17, 15) is 4.79 Å². The Morgan fingerprint density at radius 1 is 1.24 bits per heavy atom. The third-order valence-corrected chi connectivity index (χ3v) is 4.45. The molecule has 0 aromatic carbocycles. The average molecular weight is 368 g/mol. The number of piperidine rings is 1. The normalized spacial score (nSPS) is 15.2.